The molecule has 0 saturated carbocycles. The molecule has 0 spiro atoms. The van der Waals surface area contributed by atoms with Gasteiger partial charge in [-0.15, -0.1) is 0 Å². The molecule has 2 heterocycles. The van der Waals surface area contributed by atoms with Crippen molar-refractivity contribution in [1.82, 2.24) is 9.80 Å². The van der Waals surface area contributed by atoms with E-state index >= 15 is 0 Å². The molecule has 18 heavy (non-hydrogen) atoms. The average Bonchev–Trinajstić information content (AvgIpc) is 2.80. The minimum atomic E-state index is -0.211. The van der Waals surface area contributed by atoms with Crippen molar-refractivity contribution in [2.24, 2.45) is 0 Å². The van der Waals surface area contributed by atoms with E-state index in [1.165, 1.54) is 6.42 Å². The molecular weight excluding hydrogens is 232 g/mol. The lowest BCUT2D eigenvalue weighted by Crippen LogP contribution is -2.52. The zero-order chi connectivity index (χ0) is 13.1. The number of ether oxygens (including phenoxy) is 1. The summed E-state index contributed by atoms with van der Waals surface area (Å²) in [6.07, 6.45) is 2.16. The van der Waals surface area contributed by atoms with Crippen molar-refractivity contribution in [1.29, 1.82) is 0 Å². The van der Waals surface area contributed by atoms with Crippen LogP contribution in [0.1, 0.15) is 26.7 Å². The van der Waals surface area contributed by atoms with Crippen LogP contribution in [0.4, 0.5) is 0 Å². The van der Waals surface area contributed by atoms with Gasteiger partial charge in [0.1, 0.15) is 6.61 Å². The van der Waals surface area contributed by atoms with Crippen LogP contribution in [-0.4, -0.2) is 71.8 Å². The predicted molar refractivity (Wildman–Crippen MR) is 68.3 cm³/mol. The van der Waals surface area contributed by atoms with Crippen molar-refractivity contribution in [3.8, 4) is 0 Å². The van der Waals surface area contributed by atoms with E-state index in [0.29, 0.717) is 18.6 Å². The number of aliphatic hydroxyl groups excluding tert-OH is 1. The van der Waals surface area contributed by atoms with Crippen molar-refractivity contribution >= 4 is 5.91 Å². The van der Waals surface area contributed by atoms with Gasteiger partial charge in [0, 0.05) is 25.2 Å². The molecule has 0 aliphatic carbocycles. The van der Waals surface area contributed by atoms with Gasteiger partial charge in [0.15, 0.2) is 0 Å². The number of morpholine rings is 1. The van der Waals surface area contributed by atoms with Crippen molar-refractivity contribution in [2.45, 2.75) is 44.9 Å². The van der Waals surface area contributed by atoms with Gasteiger partial charge < -0.3 is 14.7 Å². The monoisotopic (exact) mass is 256 g/mol. The zero-order valence-corrected chi connectivity index (χ0v) is 11.3. The first-order valence-corrected chi connectivity index (χ1v) is 6.87. The molecule has 5 nitrogen and oxygen atoms in total. The quantitative estimate of drug-likeness (QED) is 0.774. The van der Waals surface area contributed by atoms with Crippen molar-refractivity contribution < 1.29 is 14.6 Å². The summed E-state index contributed by atoms with van der Waals surface area (Å²) in [4.78, 5) is 16.1. The summed E-state index contributed by atoms with van der Waals surface area (Å²) in [5.41, 5.74) is 0. The van der Waals surface area contributed by atoms with Crippen LogP contribution in [0.5, 0.6) is 0 Å². The van der Waals surface area contributed by atoms with Crippen LogP contribution >= 0.6 is 0 Å². The Bertz CT molecular complexity index is 296. The van der Waals surface area contributed by atoms with Gasteiger partial charge in [0.2, 0.25) is 5.91 Å². The van der Waals surface area contributed by atoms with Gasteiger partial charge in [-0.1, -0.05) is 0 Å². The van der Waals surface area contributed by atoms with Crippen LogP contribution in [0.3, 0.4) is 0 Å². The molecule has 2 aliphatic heterocycles. The molecule has 2 rings (SSSR count). The summed E-state index contributed by atoms with van der Waals surface area (Å²) in [6.45, 7) is 6.94. The lowest BCUT2D eigenvalue weighted by Gasteiger charge is -2.37. The first-order valence-electron chi connectivity index (χ1n) is 6.87. The first-order chi connectivity index (χ1) is 8.61. The summed E-state index contributed by atoms with van der Waals surface area (Å²) in [6, 6.07) is 0.994. The highest BCUT2D eigenvalue weighted by Gasteiger charge is 2.32. The second kappa shape index (κ2) is 5.99. The fourth-order valence-electron chi connectivity index (χ4n) is 2.96. The number of carbonyl (C=O) groups excluding carboxylic acids is 1. The molecule has 2 atom stereocenters. The maximum Gasteiger partial charge on any atom is 0.248 e. The van der Waals surface area contributed by atoms with Crippen molar-refractivity contribution in [3.63, 3.8) is 0 Å². The van der Waals surface area contributed by atoms with Gasteiger partial charge in [-0.25, -0.2) is 0 Å². The Morgan fingerprint density at radius 1 is 1.50 bits per heavy atom. The summed E-state index contributed by atoms with van der Waals surface area (Å²) < 4.78 is 5.25. The molecule has 2 unspecified atom stereocenters. The van der Waals surface area contributed by atoms with Gasteiger partial charge in [0.05, 0.1) is 12.7 Å². The Kier molecular flexibility index (Phi) is 4.59. The molecule has 5 heteroatoms. The van der Waals surface area contributed by atoms with E-state index in [-0.39, 0.29) is 25.2 Å². The Morgan fingerprint density at radius 2 is 2.28 bits per heavy atom. The maximum absolute atomic E-state index is 11.8. The number of carbonyl (C=O) groups is 1. The van der Waals surface area contributed by atoms with Gasteiger partial charge in [-0.3, -0.25) is 9.69 Å². The minimum Gasteiger partial charge on any atom is -0.394 e. The van der Waals surface area contributed by atoms with E-state index in [1.807, 2.05) is 4.90 Å². The minimum absolute atomic E-state index is 0.0116. The number of nitrogens with zero attached hydrogens (tertiary/aromatic N) is 2. The van der Waals surface area contributed by atoms with Crippen LogP contribution < -0.4 is 0 Å². The molecule has 2 saturated heterocycles. The molecule has 0 aromatic carbocycles. The molecule has 2 aliphatic rings. The molecule has 2 fully saturated rings. The smallest absolute Gasteiger partial charge is 0.248 e. The molecule has 104 valence electrons. The van der Waals surface area contributed by atoms with E-state index in [9.17, 15) is 4.79 Å². The summed E-state index contributed by atoms with van der Waals surface area (Å²) in [5, 5.41) is 9.12. The largest absolute Gasteiger partial charge is 0.394 e. The van der Waals surface area contributed by atoms with Gasteiger partial charge in [-0.2, -0.15) is 0 Å². The molecular formula is C13H24N2O3. The summed E-state index contributed by atoms with van der Waals surface area (Å²) >= 11 is 0. The fraction of sp³-hybridized carbons (Fsp3) is 0.923. The second-order valence-corrected chi connectivity index (χ2v) is 5.54. The van der Waals surface area contributed by atoms with E-state index in [2.05, 4.69) is 18.7 Å². The topological polar surface area (TPSA) is 53.0 Å². The summed E-state index contributed by atoms with van der Waals surface area (Å²) in [7, 11) is 0. The van der Waals surface area contributed by atoms with Crippen molar-refractivity contribution in [3.05, 3.63) is 0 Å². The molecule has 0 aromatic rings. The third-order valence-corrected chi connectivity index (χ3v) is 3.94. The maximum atomic E-state index is 11.8. The van der Waals surface area contributed by atoms with Crippen LogP contribution in [0.2, 0.25) is 0 Å². The molecule has 0 bridgehead atoms. The van der Waals surface area contributed by atoms with Crippen molar-refractivity contribution in [2.75, 3.05) is 32.8 Å². The first kappa shape index (κ1) is 13.8. The lowest BCUT2D eigenvalue weighted by atomic mass is 10.1. The van der Waals surface area contributed by atoms with Crippen LogP contribution in [0, 0.1) is 0 Å². The molecule has 1 N–H and O–H groups in total. The van der Waals surface area contributed by atoms with E-state index in [4.69, 9.17) is 9.84 Å². The normalized spacial score (nSPS) is 30.4. The van der Waals surface area contributed by atoms with Crippen LogP contribution in [0.15, 0.2) is 0 Å². The van der Waals surface area contributed by atoms with Gasteiger partial charge in [-0.05, 0) is 33.2 Å². The zero-order valence-electron chi connectivity index (χ0n) is 11.3. The number of hydrogen-bond acceptors (Lipinski definition) is 4. The number of rotatable bonds is 4. The SMILES string of the molecule is CC(C)N1CCCC1CN1CC(CO)OCC1=O. The Morgan fingerprint density at radius 3 is 2.94 bits per heavy atom. The fourth-order valence-corrected chi connectivity index (χ4v) is 2.96. The molecule has 0 aromatic heterocycles. The van der Waals surface area contributed by atoms with E-state index in [1.54, 1.807) is 0 Å². The van der Waals surface area contributed by atoms with E-state index in [0.717, 1.165) is 19.5 Å². The Labute approximate surface area is 109 Å². The highest BCUT2D eigenvalue weighted by atomic mass is 16.5. The highest BCUT2D eigenvalue weighted by molar-refractivity contribution is 5.78. The Hall–Kier alpha value is -0.650. The summed E-state index contributed by atoms with van der Waals surface area (Å²) in [5.74, 6) is 0.0512. The Balaban J connectivity index is 1.92. The number of amides is 1. The predicted octanol–water partition coefficient (Wildman–Crippen LogP) is 0.0789. The second-order valence-electron chi connectivity index (χ2n) is 5.54. The average molecular weight is 256 g/mol. The number of hydrogen-bond donors (Lipinski definition) is 1. The third-order valence-electron chi connectivity index (χ3n) is 3.94. The molecule has 1 amide bonds. The van der Waals surface area contributed by atoms with Gasteiger partial charge >= 0.3 is 0 Å². The standard InChI is InChI=1S/C13H24N2O3/c1-10(2)15-5-3-4-11(15)6-14-7-12(8-16)18-9-13(14)17/h10-12,16H,3-9H2,1-2H3. The van der Waals surface area contributed by atoms with Crippen LogP contribution in [0.25, 0.3) is 0 Å². The van der Waals surface area contributed by atoms with Gasteiger partial charge in [0.25, 0.3) is 0 Å². The lowest BCUT2D eigenvalue weighted by molar-refractivity contribution is -0.152. The number of likely N-dealkylation sites (tertiary alicyclic amines) is 1. The highest BCUT2D eigenvalue weighted by Crippen LogP contribution is 2.21. The van der Waals surface area contributed by atoms with E-state index < -0.39 is 0 Å². The molecule has 0 radical (unpaired) electrons. The number of aliphatic hydroxyl groups is 1. The van der Waals surface area contributed by atoms with Crippen LogP contribution in [-0.2, 0) is 9.53 Å². The third kappa shape index (κ3) is 3.02.